The van der Waals surface area contributed by atoms with Crippen LogP contribution in [0.2, 0.25) is 0 Å². The maximum atomic E-state index is 6.39. The first-order valence-electron chi connectivity index (χ1n) is 21.6. The Morgan fingerprint density at radius 2 is 0.891 bits per heavy atom. The third kappa shape index (κ3) is 6.06. The number of benzene rings is 10. The van der Waals surface area contributed by atoms with Crippen LogP contribution in [0.25, 0.3) is 107 Å². The molecule has 3 heterocycles. The van der Waals surface area contributed by atoms with Crippen LogP contribution in [0.1, 0.15) is 0 Å². The van der Waals surface area contributed by atoms with E-state index in [0.29, 0.717) is 0 Å². The first-order valence-corrected chi connectivity index (χ1v) is 23.3. The van der Waals surface area contributed by atoms with E-state index in [0.717, 1.165) is 39.0 Å². The standard InChI is InChI=1S/C60H37NOS2/c1-5-15-38(16-6-1)42-25-28-49-56(35-42)64-60-46(40-19-9-3-10-20-40)30-31-53(58(49)60)61(44-27-32-55-51(36-44)47-23-13-14-24-54(47)62-55)45-26-29-48-52-34-43(39-17-7-2-8-18-39)33-50(41-21-11-4-12-22-41)59(52)63-57(48)37-45/h1-37H. The smallest absolute Gasteiger partial charge is 0.135 e. The van der Waals surface area contributed by atoms with E-state index in [4.69, 9.17) is 4.42 Å². The molecule has 2 nitrogen and oxygen atoms in total. The lowest BCUT2D eigenvalue weighted by molar-refractivity contribution is 0.669. The van der Waals surface area contributed by atoms with Crippen LogP contribution in [0.4, 0.5) is 17.1 Å². The zero-order chi connectivity index (χ0) is 42.1. The number of hydrogen-bond acceptors (Lipinski definition) is 4. The minimum absolute atomic E-state index is 0.881. The monoisotopic (exact) mass is 851 g/mol. The summed E-state index contributed by atoms with van der Waals surface area (Å²) >= 11 is 3.77. The van der Waals surface area contributed by atoms with Gasteiger partial charge >= 0.3 is 0 Å². The van der Waals surface area contributed by atoms with Gasteiger partial charge in [0.05, 0.1) is 5.69 Å². The molecule has 0 aliphatic carbocycles. The summed E-state index contributed by atoms with van der Waals surface area (Å²) in [5, 5.41) is 7.23. The fraction of sp³-hybridized carbons (Fsp3) is 0. The average molecular weight is 852 g/mol. The Kier molecular flexibility index (Phi) is 8.61. The second-order valence-electron chi connectivity index (χ2n) is 16.4. The Balaban J connectivity index is 1.08. The lowest BCUT2D eigenvalue weighted by atomic mass is 9.96. The van der Waals surface area contributed by atoms with Crippen LogP contribution in [0.3, 0.4) is 0 Å². The predicted molar refractivity (Wildman–Crippen MR) is 276 cm³/mol. The maximum absolute atomic E-state index is 6.39. The number of hydrogen-bond donors (Lipinski definition) is 0. The molecule has 3 aromatic heterocycles. The Morgan fingerprint density at radius 3 is 1.64 bits per heavy atom. The highest BCUT2D eigenvalue weighted by Crippen LogP contribution is 2.51. The molecule has 64 heavy (non-hydrogen) atoms. The first-order chi connectivity index (χ1) is 31.7. The van der Waals surface area contributed by atoms with E-state index in [9.17, 15) is 0 Å². The van der Waals surface area contributed by atoms with E-state index in [1.54, 1.807) is 0 Å². The van der Waals surface area contributed by atoms with Crippen molar-refractivity contribution in [2.75, 3.05) is 4.90 Å². The van der Waals surface area contributed by atoms with Gasteiger partial charge in [-0.25, -0.2) is 0 Å². The van der Waals surface area contributed by atoms with Crippen LogP contribution in [0, 0.1) is 0 Å². The van der Waals surface area contributed by atoms with E-state index in [1.165, 1.54) is 84.9 Å². The van der Waals surface area contributed by atoms with E-state index in [-0.39, 0.29) is 0 Å². The third-order valence-electron chi connectivity index (χ3n) is 12.7. The fourth-order valence-corrected chi connectivity index (χ4v) is 12.2. The molecule has 13 aromatic rings. The Morgan fingerprint density at radius 1 is 0.312 bits per heavy atom. The van der Waals surface area contributed by atoms with Gasteiger partial charge in [0, 0.05) is 68.1 Å². The third-order valence-corrected chi connectivity index (χ3v) is 15.0. The van der Waals surface area contributed by atoms with E-state index in [2.05, 4.69) is 223 Å². The van der Waals surface area contributed by atoms with E-state index >= 15 is 0 Å². The molecule has 0 saturated carbocycles. The molecule has 4 heteroatoms. The number of furan rings is 1. The van der Waals surface area contributed by atoms with Crippen molar-refractivity contribution in [1.29, 1.82) is 0 Å². The number of thiophene rings is 2. The number of para-hydroxylation sites is 1. The van der Waals surface area contributed by atoms with Gasteiger partial charge in [0.25, 0.3) is 0 Å². The van der Waals surface area contributed by atoms with Crippen LogP contribution in [0.15, 0.2) is 229 Å². The van der Waals surface area contributed by atoms with E-state index in [1.807, 2.05) is 28.7 Å². The Hall–Kier alpha value is -7.76. The molecule has 13 rings (SSSR count). The SMILES string of the molecule is c1ccc(-c2ccc3c(c2)sc2c(-c4ccccc4)ccc(N(c4ccc5c(c4)sc4c(-c6ccccc6)cc(-c6ccccc6)cc45)c4ccc5oc6ccccc6c5c4)c23)cc1. The van der Waals surface area contributed by atoms with Gasteiger partial charge in [-0.3, -0.25) is 0 Å². The molecular formula is C60H37NOS2. The Labute approximate surface area is 378 Å². The second-order valence-corrected chi connectivity index (χ2v) is 18.5. The van der Waals surface area contributed by atoms with Crippen molar-refractivity contribution >= 4 is 102 Å². The van der Waals surface area contributed by atoms with Gasteiger partial charge in [0.2, 0.25) is 0 Å². The molecule has 0 spiro atoms. The summed E-state index contributed by atoms with van der Waals surface area (Å²) in [4.78, 5) is 2.48. The number of rotatable bonds is 7. The van der Waals surface area contributed by atoms with Gasteiger partial charge in [-0.05, 0) is 99.6 Å². The minimum atomic E-state index is 0.881. The lowest BCUT2D eigenvalue weighted by Crippen LogP contribution is -2.10. The van der Waals surface area contributed by atoms with Gasteiger partial charge in [0.15, 0.2) is 0 Å². The van der Waals surface area contributed by atoms with Gasteiger partial charge in [-0.2, -0.15) is 0 Å². The molecule has 0 bridgehead atoms. The summed E-state index contributed by atoms with van der Waals surface area (Å²) in [5.74, 6) is 0. The molecule has 0 radical (unpaired) electrons. The highest BCUT2D eigenvalue weighted by molar-refractivity contribution is 7.27. The summed E-state index contributed by atoms with van der Waals surface area (Å²) in [7, 11) is 0. The van der Waals surface area contributed by atoms with Crippen LogP contribution in [-0.2, 0) is 0 Å². The summed E-state index contributed by atoms with van der Waals surface area (Å²) < 4.78 is 11.5. The number of anilines is 3. The molecule has 0 amide bonds. The average Bonchev–Trinajstić information content (AvgIpc) is 4.06. The van der Waals surface area contributed by atoms with Crippen LogP contribution >= 0.6 is 22.7 Å². The van der Waals surface area contributed by atoms with Gasteiger partial charge < -0.3 is 9.32 Å². The fourth-order valence-electron chi connectivity index (χ4n) is 9.62. The molecule has 10 aromatic carbocycles. The summed E-state index contributed by atoms with van der Waals surface area (Å²) in [5.41, 5.74) is 14.9. The van der Waals surface area contributed by atoms with Crippen molar-refractivity contribution in [3.05, 3.63) is 224 Å². The first kappa shape index (κ1) is 36.9. The van der Waals surface area contributed by atoms with Crippen LogP contribution in [-0.4, -0.2) is 0 Å². The Bertz CT molecular complexity index is 3890. The van der Waals surface area contributed by atoms with Crippen molar-refractivity contribution in [2.24, 2.45) is 0 Å². The summed E-state index contributed by atoms with van der Waals surface area (Å²) in [6.45, 7) is 0. The minimum Gasteiger partial charge on any atom is -0.456 e. The lowest BCUT2D eigenvalue weighted by Gasteiger charge is -2.27. The van der Waals surface area contributed by atoms with Crippen LogP contribution < -0.4 is 4.90 Å². The van der Waals surface area contributed by atoms with Crippen molar-refractivity contribution < 1.29 is 4.42 Å². The van der Waals surface area contributed by atoms with Crippen molar-refractivity contribution in [3.8, 4) is 44.5 Å². The molecule has 300 valence electrons. The molecule has 0 saturated heterocycles. The summed E-state index contributed by atoms with van der Waals surface area (Å²) in [6, 6.07) is 81.7. The van der Waals surface area contributed by atoms with Gasteiger partial charge in [0.1, 0.15) is 11.2 Å². The molecule has 0 fully saturated rings. The molecule has 0 N–H and O–H groups in total. The largest absolute Gasteiger partial charge is 0.456 e. The van der Waals surface area contributed by atoms with Crippen molar-refractivity contribution in [3.63, 3.8) is 0 Å². The zero-order valence-electron chi connectivity index (χ0n) is 34.5. The van der Waals surface area contributed by atoms with Crippen LogP contribution in [0.5, 0.6) is 0 Å². The normalized spacial score (nSPS) is 11.8. The topological polar surface area (TPSA) is 16.4 Å². The predicted octanol–water partition coefficient (Wildman–Crippen LogP) is 18.5. The molecule has 0 aliphatic heterocycles. The van der Waals surface area contributed by atoms with E-state index < -0.39 is 0 Å². The molecule has 0 aliphatic rings. The van der Waals surface area contributed by atoms with Crippen molar-refractivity contribution in [2.45, 2.75) is 0 Å². The maximum Gasteiger partial charge on any atom is 0.135 e. The molecular weight excluding hydrogens is 815 g/mol. The highest BCUT2D eigenvalue weighted by Gasteiger charge is 2.24. The number of nitrogens with zero attached hydrogens (tertiary/aromatic N) is 1. The highest BCUT2D eigenvalue weighted by atomic mass is 32.1. The quantitative estimate of drug-likeness (QED) is 0.159. The number of fused-ring (bicyclic) bond motifs is 9. The molecule has 0 unspecified atom stereocenters. The second kappa shape index (κ2) is 15.0. The zero-order valence-corrected chi connectivity index (χ0v) is 36.2. The summed E-state index contributed by atoms with van der Waals surface area (Å²) in [6.07, 6.45) is 0. The molecule has 0 atom stereocenters. The van der Waals surface area contributed by atoms with Gasteiger partial charge in [-0.15, -0.1) is 22.7 Å². The van der Waals surface area contributed by atoms with Gasteiger partial charge in [-0.1, -0.05) is 164 Å². The van der Waals surface area contributed by atoms with Crippen molar-refractivity contribution in [1.82, 2.24) is 0 Å².